The van der Waals surface area contributed by atoms with Crippen molar-refractivity contribution in [2.24, 2.45) is 15.3 Å². The molecule has 8 nitrogen and oxygen atoms in total. The fourth-order valence-corrected chi connectivity index (χ4v) is 2.55. The number of para-hydroxylation sites is 1. The zero-order valence-corrected chi connectivity index (χ0v) is 15.7. The Labute approximate surface area is 167 Å². The summed E-state index contributed by atoms with van der Waals surface area (Å²) in [7, 11) is 0. The van der Waals surface area contributed by atoms with E-state index in [4.69, 9.17) is 0 Å². The number of nitrogens with zero attached hydrogens (tertiary/aromatic N) is 7. The standard InChI is InChI=1S/C21H18N8/c1-16-12-14-18(15-13-16)22-23-20(17-8-4-2-5-9-17)24-25-21-26-27-28-29(21)19-10-6-3-7-11-19/h2-15,22H,1H3/b23-20-,25-24?. The molecule has 0 aliphatic rings. The number of anilines is 1. The lowest BCUT2D eigenvalue weighted by molar-refractivity contribution is 0.788. The van der Waals surface area contributed by atoms with E-state index in [1.807, 2.05) is 91.9 Å². The molecule has 0 bridgehead atoms. The first-order valence-electron chi connectivity index (χ1n) is 9.01. The monoisotopic (exact) mass is 382 g/mol. The van der Waals surface area contributed by atoms with Gasteiger partial charge in [0.25, 0.3) is 5.95 Å². The molecule has 0 saturated carbocycles. The molecule has 0 unspecified atom stereocenters. The van der Waals surface area contributed by atoms with Crippen molar-refractivity contribution in [2.75, 3.05) is 5.43 Å². The molecule has 0 saturated heterocycles. The van der Waals surface area contributed by atoms with Crippen LogP contribution < -0.4 is 5.43 Å². The highest BCUT2D eigenvalue weighted by molar-refractivity contribution is 5.99. The maximum absolute atomic E-state index is 4.42. The second kappa shape index (κ2) is 8.66. The zero-order valence-electron chi connectivity index (χ0n) is 15.7. The van der Waals surface area contributed by atoms with Crippen molar-refractivity contribution in [3.05, 3.63) is 96.1 Å². The Balaban J connectivity index is 1.64. The Hall–Kier alpha value is -4.20. The van der Waals surface area contributed by atoms with Crippen LogP contribution in [0.3, 0.4) is 0 Å². The van der Waals surface area contributed by atoms with Crippen LogP contribution in [0, 0.1) is 6.92 Å². The van der Waals surface area contributed by atoms with Crippen molar-refractivity contribution >= 4 is 17.5 Å². The Morgan fingerprint density at radius 3 is 2.28 bits per heavy atom. The van der Waals surface area contributed by atoms with E-state index in [-0.39, 0.29) is 5.95 Å². The van der Waals surface area contributed by atoms with Crippen LogP contribution in [-0.4, -0.2) is 26.0 Å². The number of hydrogen-bond acceptors (Lipinski definition) is 6. The second-order valence-corrected chi connectivity index (χ2v) is 6.21. The van der Waals surface area contributed by atoms with Gasteiger partial charge in [0, 0.05) is 5.56 Å². The van der Waals surface area contributed by atoms with Crippen molar-refractivity contribution < 1.29 is 0 Å². The third kappa shape index (κ3) is 4.56. The van der Waals surface area contributed by atoms with E-state index in [0.29, 0.717) is 5.84 Å². The number of aryl methyl sites for hydroxylation is 1. The molecule has 29 heavy (non-hydrogen) atoms. The van der Waals surface area contributed by atoms with E-state index in [1.165, 1.54) is 10.2 Å². The van der Waals surface area contributed by atoms with Crippen LogP contribution in [0.2, 0.25) is 0 Å². The number of amidine groups is 1. The highest BCUT2D eigenvalue weighted by atomic mass is 15.6. The summed E-state index contributed by atoms with van der Waals surface area (Å²) < 4.78 is 1.51. The molecule has 1 aromatic heterocycles. The first-order valence-corrected chi connectivity index (χ1v) is 9.01. The molecule has 0 amide bonds. The molecule has 0 fully saturated rings. The molecule has 1 heterocycles. The van der Waals surface area contributed by atoms with Crippen molar-refractivity contribution in [2.45, 2.75) is 6.92 Å². The lowest BCUT2D eigenvalue weighted by atomic mass is 10.2. The Kier molecular flexibility index (Phi) is 5.43. The molecule has 0 spiro atoms. The van der Waals surface area contributed by atoms with E-state index < -0.39 is 0 Å². The average Bonchev–Trinajstić information content (AvgIpc) is 3.25. The van der Waals surface area contributed by atoms with Gasteiger partial charge in [-0.25, -0.2) is 0 Å². The molecule has 3 aromatic carbocycles. The predicted octanol–water partition coefficient (Wildman–Crippen LogP) is 4.53. The summed E-state index contributed by atoms with van der Waals surface area (Å²) in [5, 5.41) is 24.6. The van der Waals surface area contributed by atoms with Gasteiger partial charge in [0.1, 0.15) is 0 Å². The fourth-order valence-electron chi connectivity index (χ4n) is 2.55. The minimum absolute atomic E-state index is 0.259. The number of aromatic nitrogens is 4. The lowest BCUT2D eigenvalue weighted by Crippen LogP contribution is -2.01. The Morgan fingerprint density at radius 1 is 0.862 bits per heavy atom. The summed E-state index contributed by atoms with van der Waals surface area (Å²) in [5.41, 5.74) is 6.66. The number of azo groups is 1. The summed E-state index contributed by atoms with van der Waals surface area (Å²) >= 11 is 0. The molecular weight excluding hydrogens is 364 g/mol. The summed E-state index contributed by atoms with van der Waals surface area (Å²) in [5.74, 6) is 0.670. The molecule has 4 aromatic rings. The molecular formula is C21H18N8. The molecule has 1 N–H and O–H groups in total. The quantitative estimate of drug-likeness (QED) is 0.237. The van der Waals surface area contributed by atoms with Crippen LogP contribution in [0.4, 0.5) is 11.6 Å². The Morgan fingerprint density at radius 2 is 1.55 bits per heavy atom. The van der Waals surface area contributed by atoms with Crippen LogP contribution in [0.5, 0.6) is 0 Å². The summed E-state index contributed by atoms with van der Waals surface area (Å²) in [6.07, 6.45) is 0. The minimum atomic E-state index is 0.259. The summed E-state index contributed by atoms with van der Waals surface area (Å²) in [6.45, 7) is 2.04. The number of benzene rings is 3. The number of tetrazole rings is 1. The molecule has 8 heteroatoms. The summed E-state index contributed by atoms with van der Waals surface area (Å²) in [6, 6.07) is 27.0. The maximum atomic E-state index is 4.42. The van der Waals surface area contributed by atoms with E-state index in [2.05, 4.69) is 36.3 Å². The molecule has 4 rings (SSSR count). The number of nitrogens with one attached hydrogen (secondary N) is 1. The normalized spacial score (nSPS) is 11.7. The molecule has 142 valence electrons. The molecule has 0 radical (unpaired) electrons. The zero-order chi connectivity index (χ0) is 19.9. The molecule has 0 aliphatic carbocycles. The van der Waals surface area contributed by atoms with Crippen LogP contribution in [0.25, 0.3) is 5.69 Å². The van der Waals surface area contributed by atoms with Gasteiger partial charge in [-0.1, -0.05) is 71.3 Å². The lowest BCUT2D eigenvalue weighted by Gasteiger charge is -2.04. The number of hydrazone groups is 1. The van der Waals surface area contributed by atoms with Crippen molar-refractivity contribution in [3.63, 3.8) is 0 Å². The van der Waals surface area contributed by atoms with Gasteiger partial charge < -0.3 is 0 Å². The van der Waals surface area contributed by atoms with Gasteiger partial charge >= 0.3 is 0 Å². The van der Waals surface area contributed by atoms with Gasteiger partial charge in [0.05, 0.1) is 11.4 Å². The highest BCUT2D eigenvalue weighted by Crippen LogP contribution is 2.15. The third-order valence-electron chi connectivity index (χ3n) is 4.06. The predicted molar refractivity (Wildman–Crippen MR) is 111 cm³/mol. The first kappa shape index (κ1) is 18.2. The third-order valence-corrected chi connectivity index (χ3v) is 4.06. The SMILES string of the molecule is Cc1ccc(N/N=C(\N=Nc2nnnn2-c2ccccc2)c2ccccc2)cc1. The van der Waals surface area contributed by atoms with Crippen LogP contribution in [0.15, 0.2) is 100 Å². The van der Waals surface area contributed by atoms with Gasteiger partial charge in [0.15, 0.2) is 0 Å². The van der Waals surface area contributed by atoms with Crippen molar-refractivity contribution in [3.8, 4) is 5.69 Å². The minimum Gasteiger partial charge on any atom is -0.276 e. The number of rotatable bonds is 5. The van der Waals surface area contributed by atoms with E-state index in [1.54, 1.807) is 0 Å². The maximum Gasteiger partial charge on any atom is 0.292 e. The van der Waals surface area contributed by atoms with Gasteiger partial charge in [-0.2, -0.15) is 9.78 Å². The van der Waals surface area contributed by atoms with Gasteiger partial charge in [0.2, 0.25) is 5.84 Å². The smallest absolute Gasteiger partial charge is 0.276 e. The van der Waals surface area contributed by atoms with E-state index in [9.17, 15) is 0 Å². The van der Waals surface area contributed by atoms with Crippen molar-refractivity contribution in [1.82, 2.24) is 20.2 Å². The first-order chi connectivity index (χ1) is 14.3. The van der Waals surface area contributed by atoms with Gasteiger partial charge in [-0.3, -0.25) is 5.43 Å². The van der Waals surface area contributed by atoms with Gasteiger partial charge in [-0.05, 0) is 41.6 Å². The van der Waals surface area contributed by atoms with E-state index in [0.717, 1.165) is 16.9 Å². The Bertz CT molecular complexity index is 1120. The topological polar surface area (TPSA) is 92.7 Å². The fraction of sp³-hybridized carbons (Fsp3) is 0.0476. The second-order valence-electron chi connectivity index (χ2n) is 6.21. The average molecular weight is 382 g/mol. The number of hydrogen-bond donors (Lipinski definition) is 1. The highest BCUT2D eigenvalue weighted by Gasteiger charge is 2.08. The summed E-state index contributed by atoms with van der Waals surface area (Å²) in [4.78, 5) is 0. The largest absolute Gasteiger partial charge is 0.292 e. The van der Waals surface area contributed by atoms with E-state index >= 15 is 0 Å². The van der Waals surface area contributed by atoms with Gasteiger partial charge in [-0.15, -0.1) is 10.2 Å². The molecule has 0 aliphatic heterocycles. The van der Waals surface area contributed by atoms with Crippen LogP contribution in [-0.2, 0) is 0 Å². The van der Waals surface area contributed by atoms with Crippen molar-refractivity contribution in [1.29, 1.82) is 0 Å². The molecule has 0 atom stereocenters. The van der Waals surface area contributed by atoms with Crippen LogP contribution >= 0.6 is 0 Å². The van der Waals surface area contributed by atoms with Crippen LogP contribution in [0.1, 0.15) is 11.1 Å².